The molecule has 0 saturated heterocycles. The average molecular weight is 378 g/mol. The number of amides is 1. The summed E-state index contributed by atoms with van der Waals surface area (Å²) in [6.45, 7) is -2.42. The first-order valence-corrected chi connectivity index (χ1v) is 8.66. The van der Waals surface area contributed by atoms with Crippen LogP contribution < -0.4 is 10.2 Å². The van der Waals surface area contributed by atoms with Crippen molar-refractivity contribution in [2.75, 3.05) is 7.05 Å². The highest BCUT2D eigenvalue weighted by molar-refractivity contribution is 7.17. The number of ether oxygens (including phenoxy) is 1. The van der Waals surface area contributed by atoms with Crippen molar-refractivity contribution in [2.24, 2.45) is 0 Å². The summed E-state index contributed by atoms with van der Waals surface area (Å²) in [5.74, 6) is -0.0557. The molecule has 2 aromatic heterocycles. The molecular formula is C18H16F2N2O3S. The van der Waals surface area contributed by atoms with Gasteiger partial charge in [-0.1, -0.05) is 12.1 Å². The lowest BCUT2D eigenvalue weighted by Crippen LogP contribution is -2.30. The molecule has 0 fully saturated rings. The molecule has 0 aliphatic carbocycles. The monoisotopic (exact) mass is 378 g/mol. The molecule has 0 atom stereocenters. The van der Waals surface area contributed by atoms with Crippen LogP contribution in [-0.2, 0) is 17.9 Å². The minimum Gasteiger partial charge on any atom is -0.435 e. The summed E-state index contributed by atoms with van der Waals surface area (Å²) in [5.41, 5.74) is 1.47. The second-order valence-electron chi connectivity index (χ2n) is 5.72. The fourth-order valence-electron chi connectivity index (χ4n) is 2.57. The van der Waals surface area contributed by atoms with Gasteiger partial charge in [0.2, 0.25) is 5.91 Å². The van der Waals surface area contributed by atoms with Gasteiger partial charge in [-0.2, -0.15) is 8.78 Å². The molecule has 0 bridgehead atoms. The first-order valence-electron chi connectivity index (χ1n) is 7.78. The Labute approximate surface area is 152 Å². The number of carbonyl (C=O) groups excluding carboxylic acids is 1. The van der Waals surface area contributed by atoms with Gasteiger partial charge in [0, 0.05) is 25.9 Å². The molecule has 0 saturated carbocycles. The third kappa shape index (κ3) is 4.08. The zero-order chi connectivity index (χ0) is 18.7. The number of alkyl halides is 2. The number of hydrogen-bond acceptors (Lipinski definition) is 4. The first-order chi connectivity index (χ1) is 12.4. The van der Waals surface area contributed by atoms with Gasteiger partial charge < -0.3 is 14.2 Å². The number of benzene rings is 1. The largest absolute Gasteiger partial charge is 0.435 e. The SMILES string of the molecule is CN(Cc1ccc(OC(F)F)cc1)C(=O)Cn1ccc(=O)c2sccc21. The van der Waals surface area contributed by atoms with E-state index in [4.69, 9.17) is 0 Å². The van der Waals surface area contributed by atoms with Crippen LogP contribution in [0.5, 0.6) is 5.75 Å². The van der Waals surface area contributed by atoms with Crippen LogP contribution in [0.4, 0.5) is 8.78 Å². The Kier molecular flexibility index (Phi) is 5.32. The third-order valence-electron chi connectivity index (χ3n) is 3.88. The molecule has 0 unspecified atom stereocenters. The van der Waals surface area contributed by atoms with E-state index in [2.05, 4.69) is 4.74 Å². The van der Waals surface area contributed by atoms with Crippen molar-refractivity contribution in [3.8, 4) is 5.75 Å². The molecule has 0 N–H and O–H groups in total. The average Bonchev–Trinajstić information content (AvgIpc) is 3.09. The normalized spacial score (nSPS) is 11.1. The van der Waals surface area contributed by atoms with Gasteiger partial charge in [-0.05, 0) is 29.1 Å². The number of halogens is 2. The highest BCUT2D eigenvalue weighted by Crippen LogP contribution is 2.18. The van der Waals surface area contributed by atoms with E-state index >= 15 is 0 Å². The molecular weight excluding hydrogens is 362 g/mol. The fraction of sp³-hybridized carbons (Fsp3) is 0.222. The Bertz CT molecular complexity index is 966. The van der Waals surface area contributed by atoms with Gasteiger partial charge in [-0.25, -0.2) is 0 Å². The quantitative estimate of drug-likeness (QED) is 0.661. The second kappa shape index (κ2) is 7.65. The zero-order valence-electron chi connectivity index (χ0n) is 13.9. The van der Waals surface area contributed by atoms with Crippen molar-refractivity contribution in [3.05, 3.63) is 63.8 Å². The fourth-order valence-corrected chi connectivity index (χ4v) is 3.39. The first kappa shape index (κ1) is 18.1. The number of rotatable bonds is 6. The smallest absolute Gasteiger partial charge is 0.387 e. The number of nitrogens with zero attached hydrogens (tertiary/aromatic N) is 2. The van der Waals surface area contributed by atoms with E-state index < -0.39 is 6.61 Å². The maximum Gasteiger partial charge on any atom is 0.387 e. The number of pyridine rings is 1. The van der Waals surface area contributed by atoms with Crippen molar-refractivity contribution >= 4 is 27.5 Å². The molecule has 26 heavy (non-hydrogen) atoms. The molecule has 0 spiro atoms. The van der Waals surface area contributed by atoms with E-state index in [0.717, 1.165) is 11.1 Å². The number of aromatic nitrogens is 1. The van der Waals surface area contributed by atoms with E-state index in [1.165, 1.54) is 29.5 Å². The van der Waals surface area contributed by atoms with Crippen LogP contribution in [0.15, 0.2) is 52.8 Å². The van der Waals surface area contributed by atoms with Crippen molar-refractivity contribution in [1.29, 1.82) is 0 Å². The third-order valence-corrected chi connectivity index (χ3v) is 4.80. The lowest BCUT2D eigenvalue weighted by molar-refractivity contribution is -0.131. The van der Waals surface area contributed by atoms with Crippen LogP contribution in [0.2, 0.25) is 0 Å². The summed E-state index contributed by atoms with van der Waals surface area (Å²) < 4.78 is 31.0. The van der Waals surface area contributed by atoms with Crippen LogP contribution in [0, 0.1) is 0 Å². The van der Waals surface area contributed by atoms with Crippen molar-refractivity contribution in [2.45, 2.75) is 19.7 Å². The van der Waals surface area contributed by atoms with Gasteiger partial charge in [-0.15, -0.1) is 11.3 Å². The summed E-state index contributed by atoms with van der Waals surface area (Å²) >= 11 is 1.35. The van der Waals surface area contributed by atoms with Crippen molar-refractivity contribution in [3.63, 3.8) is 0 Å². The molecule has 136 valence electrons. The summed E-state index contributed by atoms with van der Waals surface area (Å²) in [6.07, 6.45) is 1.61. The van der Waals surface area contributed by atoms with E-state index in [9.17, 15) is 18.4 Å². The molecule has 0 radical (unpaired) electrons. The summed E-state index contributed by atoms with van der Waals surface area (Å²) in [5, 5.41) is 1.82. The molecule has 3 aromatic rings. The van der Waals surface area contributed by atoms with Gasteiger partial charge in [0.25, 0.3) is 0 Å². The van der Waals surface area contributed by atoms with Gasteiger partial charge in [0.05, 0.1) is 10.2 Å². The lowest BCUT2D eigenvalue weighted by atomic mass is 10.2. The van der Waals surface area contributed by atoms with Crippen LogP contribution in [0.25, 0.3) is 10.2 Å². The standard InChI is InChI=1S/C18H16F2N2O3S/c1-21(10-12-2-4-13(5-3-12)25-18(19)20)16(24)11-22-8-6-15(23)17-14(22)7-9-26-17/h2-9,18H,10-11H2,1H3. The van der Waals surface area contributed by atoms with Crippen LogP contribution >= 0.6 is 11.3 Å². The van der Waals surface area contributed by atoms with E-state index in [1.54, 1.807) is 34.8 Å². The maximum absolute atomic E-state index is 12.5. The van der Waals surface area contributed by atoms with Gasteiger partial charge in [-0.3, -0.25) is 9.59 Å². The number of thiophene rings is 1. The van der Waals surface area contributed by atoms with Crippen LogP contribution in [0.3, 0.4) is 0 Å². The minimum atomic E-state index is -2.86. The Hall–Kier alpha value is -2.74. The number of likely N-dealkylation sites (N-methyl/N-ethyl adjacent to an activating group) is 1. The molecule has 8 heteroatoms. The Morgan fingerprint density at radius 3 is 2.65 bits per heavy atom. The van der Waals surface area contributed by atoms with E-state index in [1.807, 2.05) is 11.4 Å². The topological polar surface area (TPSA) is 51.5 Å². The summed E-state index contributed by atoms with van der Waals surface area (Å²) in [4.78, 5) is 25.8. The zero-order valence-corrected chi connectivity index (χ0v) is 14.7. The molecule has 1 aromatic carbocycles. The van der Waals surface area contributed by atoms with E-state index in [-0.39, 0.29) is 23.6 Å². The molecule has 1 amide bonds. The Morgan fingerprint density at radius 1 is 1.23 bits per heavy atom. The molecule has 3 rings (SSSR count). The highest BCUT2D eigenvalue weighted by Gasteiger charge is 2.13. The lowest BCUT2D eigenvalue weighted by Gasteiger charge is -2.19. The molecule has 0 aliphatic rings. The second-order valence-corrected chi connectivity index (χ2v) is 6.63. The Balaban J connectivity index is 1.67. The minimum absolute atomic E-state index is 0.0573. The van der Waals surface area contributed by atoms with Gasteiger partial charge in [0.1, 0.15) is 12.3 Å². The number of fused-ring (bicyclic) bond motifs is 1. The van der Waals surface area contributed by atoms with Gasteiger partial charge >= 0.3 is 6.61 Å². The molecule has 5 nitrogen and oxygen atoms in total. The van der Waals surface area contributed by atoms with Crippen LogP contribution in [-0.4, -0.2) is 29.0 Å². The molecule has 0 aliphatic heterocycles. The van der Waals surface area contributed by atoms with E-state index in [0.29, 0.717) is 11.2 Å². The predicted octanol–water partition coefficient (Wildman–Crippen LogP) is 3.32. The molecule has 2 heterocycles. The van der Waals surface area contributed by atoms with Crippen LogP contribution in [0.1, 0.15) is 5.56 Å². The Morgan fingerprint density at radius 2 is 1.96 bits per heavy atom. The van der Waals surface area contributed by atoms with Crippen molar-refractivity contribution < 1.29 is 18.3 Å². The maximum atomic E-state index is 12.5. The van der Waals surface area contributed by atoms with Crippen molar-refractivity contribution in [1.82, 2.24) is 9.47 Å². The number of carbonyl (C=O) groups is 1. The van der Waals surface area contributed by atoms with Gasteiger partial charge in [0.15, 0.2) is 5.43 Å². The summed E-state index contributed by atoms with van der Waals surface area (Å²) in [7, 11) is 1.67. The summed E-state index contributed by atoms with van der Waals surface area (Å²) in [6, 6.07) is 9.42. The predicted molar refractivity (Wildman–Crippen MR) is 95.6 cm³/mol. The highest BCUT2D eigenvalue weighted by atomic mass is 32.1. The number of hydrogen-bond donors (Lipinski definition) is 0.